The average Bonchev–Trinajstić information content (AvgIpc) is 2.91. The maximum atomic E-state index is 11.0. The highest BCUT2D eigenvalue weighted by molar-refractivity contribution is 6.35. The van der Waals surface area contributed by atoms with Crippen molar-refractivity contribution in [2.45, 2.75) is 13.3 Å². The van der Waals surface area contributed by atoms with Crippen molar-refractivity contribution in [3.8, 4) is 11.5 Å². The second-order valence-electron chi connectivity index (χ2n) is 5.19. The first-order valence-corrected chi connectivity index (χ1v) is 8.05. The smallest absolute Gasteiger partial charge is 0.308 e. The van der Waals surface area contributed by atoms with E-state index in [-0.39, 0.29) is 0 Å². The largest absolute Gasteiger partial charge is 0.493 e. The summed E-state index contributed by atoms with van der Waals surface area (Å²) in [4.78, 5) is 11.0. The topological polar surface area (TPSA) is 48.7 Å². The molecule has 0 saturated heterocycles. The molecule has 0 N–H and O–H groups in total. The zero-order chi connectivity index (χ0) is 17.1. The molecule has 0 atom stereocenters. The van der Waals surface area contributed by atoms with E-state index in [1.165, 1.54) is 13.2 Å². The van der Waals surface area contributed by atoms with Crippen molar-refractivity contribution in [1.29, 1.82) is 0 Å². The van der Waals surface area contributed by atoms with Gasteiger partial charge in [0.2, 0.25) is 0 Å². The van der Waals surface area contributed by atoms with E-state index < -0.39 is 5.97 Å². The van der Waals surface area contributed by atoms with Crippen LogP contribution in [-0.2, 0) is 11.2 Å². The van der Waals surface area contributed by atoms with Crippen LogP contribution < -0.4 is 9.47 Å². The van der Waals surface area contributed by atoms with Crippen LogP contribution in [0.15, 0.2) is 47.1 Å². The van der Waals surface area contributed by atoms with Gasteiger partial charge in [-0.05, 0) is 29.8 Å². The maximum absolute atomic E-state index is 11.0. The Balaban J connectivity index is 1.66. The summed E-state index contributed by atoms with van der Waals surface area (Å²) >= 11 is 12.0. The summed E-state index contributed by atoms with van der Waals surface area (Å²) in [5.74, 6) is 0.672. The first-order chi connectivity index (χ1) is 11.5. The molecule has 2 aromatic carbocycles. The van der Waals surface area contributed by atoms with Crippen LogP contribution in [0.2, 0.25) is 10.0 Å². The monoisotopic (exact) mass is 364 g/mol. The van der Waals surface area contributed by atoms with Crippen molar-refractivity contribution < 1.29 is 18.7 Å². The molecule has 0 amide bonds. The van der Waals surface area contributed by atoms with Crippen molar-refractivity contribution >= 4 is 40.1 Å². The minimum atomic E-state index is -0.391. The molecule has 24 heavy (non-hydrogen) atoms. The fourth-order valence-corrected chi connectivity index (χ4v) is 2.81. The van der Waals surface area contributed by atoms with E-state index in [1.54, 1.807) is 30.3 Å². The summed E-state index contributed by atoms with van der Waals surface area (Å²) in [5, 5.41) is 1.95. The van der Waals surface area contributed by atoms with Gasteiger partial charge in [0.05, 0.1) is 12.0 Å². The second-order valence-corrected chi connectivity index (χ2v) is 6.03. The number of benzene rings is 2. The molecule has 0 unspecified atom stereocenters. The van der Waals surface area contributed by atoms with Crippen LogP contribution in [0, 0.1) is 0 Å². The van der Waals surface area contributed by atoms with Gasteiger partial charge in [-0.3, -0.25) is 4.79 Å². The van der Waals surface area contributed by atoms with Gasteiger partial charge in [0.25, 0.3) is 0 Å². The Morgan fingerprint density at radius 2 is 2.00 bits per heavy atom. The molecule has 3 rings (SSSR count). The molecule has 4 nitrogen and oxygen atoms in total. The zero-order valence-electron chi connectivity index (χ0n) is 12.8. The second kappa shape index (κ2) is 7.16. The highest BCUT2D eigenvalue weighted by Gasteiger charge is 2.10. The average molecular weight is 365 g/mol. The summed E-state index contributed by atoms with van der Waals surface area (Å²) in [6.45, 7) is 1.81. The van der Waals surface area contributed by atoms with Crippen LogP contribution in [0.25, 0.3) is 11.0 Å². The van der Waals surface area contributed by atoms with Crippen LogP contribution in [0.4, 0.5) is 0 Å². The summed E-state index contributed by atoms with van der Waals surface area (Å²) in [6.07, 6.45) is 2.06. The van der Waals surface area contributed by atoms with Gasteiger partial charge in [-0.25, -0.2) is 0 Å². The lowest BCUT2D eigenvalue weighted by Gasteiger charge is -2.08. The first kappa shape index (κ1) is 16.7. The molecule has 124 valence electrons. The Morgan fingerprint density at radius 1 is 1.17 bits per heavy atom. The van der Waals surface area contributed by atoms with Gasteiger partial charge in [-0.1, -0.05) is 29.3 Å². The maximum Gasteiger partial charge on any atom is 0.308 e. The number of furan rings is 1. The fourth-order valence-electron chi connectivity index (χ4n) is 2.31. The third-order valence-electron chi connectivity index (χ3n) is 3.42. The quantitative estimate of drug-likeness (QED) is 0.577. The number of hydrogen-bond donors (Lipinski definition) is 0. The Labute approximate surface area is 148 Å². The number of fused-ring (bicyclic) bond motifs is 1. The summed E-state index contributed by atoms with van der Waals surface area (Å²) in [5.41, 5.74) is 1.56. The van der Waals surface area contributed by atoms with Crippen molar-refractivity contribution in [3.63, 3.8) is 0 Å². The van der Waals surface area contributed by atoms with Crippen LogP contribution in [0.1, 0.15) is 12.5 Å². The van der Waals surface area contributed by atoms with E-state index in [4.69, 9.17) is 37.1 Å². The molecule has 1 aromatic heterocycles. The molecule has 0 saturated carbocycles. The summed E-state index contributed by atoms with van der Waals surface area (Å²) < 4.78 is 16.2. The Kier molecular flexibility index (Phi) is 4.97. The molecule has 1 heterocycles. The Bertz CT molecular complexity index is 886. The van der Waals surface area contributed by atoms with Crippen LogP contribution >= 0.6 is 23.2 Å². The number of ether oxygens (including phenoxy) is 2. The third-order valence-corrected chi connectivity index (χ3v) is 4.01. The molecule has 6 heteroatoms. The third kappa shape index (κ3) is 3.83. The highest BCUT2D eigenvalue weighted by Crippen LogP contribution is 2.31. The molecular formula is C18H14Cl2O4. The Morgan fingerprint density at radius 3 is 2.75 bits per heavy atom. The van der Waals surface area contributed by atoms with Crippen molar-refractivity contribution in [2.24, 2.45) is 0 Å². The molecular weight excluding hydrogens is 351 g/mol. The van der Waals surface area contributed by atoms with Gasteiger partial charge < -0.3 is 13.9 Å². The molecule has 0 spiro atoms. The molecule has 0 bridgehead atoms. The van der Waals surface area contributed by atoms with Crippen molar-refractivity contribution in [1.82, 2.24) is 0 Å². The minimum absolute atomic E-state index is 0.391. The molecule has 3 aromatic rings. The van der Waals surface area contributed by atoms with Gasteiger partial charge in [0, 0.05) is 29.5 Å². The number of halogens is 2. The van der Waals surface area contributed by atoms with Crippen molar-refractivity contribution in [3.05, 3.63) is 58.3 Å². The molecule has 0 aliphatic rings. The van der Waals surface area contributed by atoms with Gasteiger partial charge >= 0.3 is 5.97 Å². The van der Waals surface area contributed by atoms with E-state index in [1.807, 2.05) is 6.07 Å². The van der Waals surface area contributed by atoms with Gasteiger partial charge in [-0.15, -0.1) is 0 Å². The number of carbonyl (C=O) groups excluding carboxylic acids is 1. The number of carbonyl (C=O) groups is 1. The number of esters is 1. The van der Waals surface area contributed by atoms with Crippen LogP contribution in [0.3, 0.4) is 0 Å². The number of hydrogen-bond acceptors (Lipinski definition) is 4. The predicted molar refractivity (Wildman–Crippen MR) is 93.2 cm³/mol. The van der Waals surface area contributed by atoms with Gasteiger partial charge in [-0.2, -0.15) is 0 Å². The molecule has 0 radical (unpaired) electrons. The molecule has 0 fully saturated rings. The molecule has 0 aliphatic carbocycles. The van der Waals surface area contributed by atoms with E-state index >= 15 is 0 Å². The minimum Gasteiger partial charge on any atom is -0.493 e. The molecule has 0 aliphatic heterocycles. The Hall–Kier alpha value is -2.17. The lowest BCUT2D eigenvalue weighted by Crippen LogP contribution is -2.02. The van der Waals surface area contributed by atoms with Gasteiger partial charge in [0.1, 0.15) is 17.6 Å². The van der Waals surface area contributed by atoms with Crippen LogP contribution in [0.5, 0.6) is 11.5 Å². The lowest BCUT2D eigenvalue weighted by atomic mass is 10.1. The van der Waals surface area contributed by atoms with E-state index in [0.717, 1.165) is 10.9 Å². The summed E-state index contributed by atoms with van der Waals surface area (Å²) in [7, 11) is 0. The van der Waals surface area contributed by atoms with Crippen molar-refractivity contribution in [2.75, 3.05) is 6.61 Å². The zero-order valence-corrected chi connectivity index (χ0v) is 14.4. The first-order valence-electron chi connectivity index (χ1n) is 7.29. The standard InChI is InChI=1S/C18H14Cl2O4/c1-11(21)24-18-10-23-17-9-14(4-5-15(17)18)22-7-6-12-2-3-13(19)8-16(12)20/h2-5,8-10H,6-7H2,1H3. The SMILES string of the molecule is CC(=O)Oc1coc2cc(OCCc3ccc(Cl)cc3Cl)ccc12. The van der Waals surface area contributed by atoms with E-state index in [0.29, 0.717) is 40.2 Å². The van der Waals surface area contributed by atoms with Gasteiger partial charge in [0.15, 0.2) is 5.75 Å². The predicted octanol–water partition coefficient (Wildman–Crippen LogP) is 5.29. The highest BCUT2D eigenvalue weighted by atomic mass is 35.5. The number of rotatable bonds is 5. The lowest BCUT2D eigenvalue weighted by molar-refractivity contribution is -0.131. The van der Waals surface area contributed by atoms with E-state index in [2.05, 4.69) is 0 Å². The fraction of sp³-hybridized carbons (Fsp3) is 0.167. The van der Waals surface area contributed by atoms with Crippen LogP contribution in [-0.4, -0.2) is 12.6 Å². The summed E-state index contributed by atoms with van der Waals surface area (Å²) in [6, 6.07) is 10.7. The normalized spacial score (nSPS) is 10.8. The van der Waals surface area contributed by atoms with E-state index in [9.17, 15) is 4.79 Å².